The third-order valence-electron chi connectivity index (χ3n) is 2.10. The Balaban J connectivity index is 2.93. The zero-order valence-corrected chi connectivity index (χ0v) is 10.9. The predicted octanol–water partition coefficient (Wildman–Crippen LogP) is 2.51. The second kappa shape index (κ2) is 5.87. The summed E-state index contributed by atoms with van der Waals surface area (Å²) in [6.07, 6.45) is 1.21. The highest BCUT2D eigenvalue weighted by molar-refractivity contribution is 7.91. The van der Waals surface area contributed by atoms with Crippen LogP contribution in [0.1, 0.15) is 12.8 Å². The summed E-state index contributed by atoms with van der Waals surface area (Å²) in [6, 6.07) is 4.42. The minimum Gasteiger partial charge on any atom is -0.330 e. The summed E-state index contributed by atoms with van der Waals surface area (Å²) in [5, 5.41) is 0.568. The first-order valence-electron chi connectivity index (χ1n) is 4.85. The van der Waals surface area contributed by atoms with E-state index in [1.807, 2.05) is 0 Å². The van der Waals surface area contributed by atoms with Gasteiger partial charge in [-0.25, -0.2) is 8.42 Å². The van der Waals surface area contributed by atoms with Crippen molar-refractivity contribution >= 4 is 33.0 Å². The Bertz CT molecular complexity index is 460. The molecule has 6 heteroatoms. The maximum Gasteiger partial charge on any atom is 0.179 e. The van der Waals surface area contributed by atoms with Gasteiger partial charge >= 0.3 is 0 Å². The number of halogens is 2. The maximum atomic E-state index is 11.9. The van der Waals surface area contributed by atoms with Crippen LogP contribution in [-0.2, 0) is 9.84 Å². The summed E-state index contributed by atoms with van der Waals surface area (Å²) in [6.45, 7) is 0.485. The molecule has 0 fully saturated rings. The normalized spacial score (nSPS) is 11.7. The molecule has 1 aromatic carbocycles. The zero-order chi connectivity index (χ0) is 12.2. The average Bonchev–Trinajstić information content (AvgIpc) is 2.22. The molecule has 0 bridgehead atoms. The number of hydrogen-bond acceptors (Lipinski definition) is 3. The highest BCUT2D eigenvalue weighted by Crippen LogP contribution is 2.26. The van der Waals surface area contributed by atoms with Gasteiger partial charge in [0, 0.05) is 5.02 Å². The minimum absolute atomic E-state index is 0.0459. The van der Waals surface area contributed by atoms with Crippen molar-refractivity contribution in [1.29, 1.82) is 0 Å². The van der Waals surface area contributed by atoms with E-state index >= 15 is 0 Å². The van der Waals surface area contributed by atoms with Crippen molar-refractivity contribution in [1.82, 2.24) is 0 Å². The van der Waals surface area contributed by atoms with Crippen molar-refractivity contribution in [3.8, 4) is 0 Å². The van der Waals surface area contributed by atoms with Crippen LogP contribution in [0.2, 0.25) is 10.0 Å². The molecule has 0 heterocycles. The summed E-state index contributed by atoms with van der Waals surface area (Å²) < 4.78 is 23.8. The lowest BCUT2D eigenvalue weighted by molar-refractivity contribution is 0.592. The van der Waals surface area contributed by atoms with E-state index in [4.69, 9.17) is 28.9 Å². The third kappa shape index (κ3) is 3.63. The van der Waals surface area contributed by atoms with Gasteiger partial charge in [-0.15, -0.1) is 0 Å². The summed E-state index contributed by atoms with van der Waals surface area (Å²) >= 11 is 11.6. The van der Waals surface area contributed by atoms with E-state index < -0.39 is 9.84 Å². The molecule has 0 amide bonds. The Morgan fingerprint density at radius 2 is 1.88 bits per heavy atom. The first kappa shape index (κ1) is 13.8. The standard InChI is InChI=1S/C10H13Cl2NO2S/c11-8-3-4-9(12)10(7-8)16(14,15)6-2-1-5-13/h3-4,7H,1-2,5-6,13H2. The first-order valence-corrected chi connectivity index (χ1v) is 7.26. The van der Waals surface area contributed by atoms with Gasteiger partial charge < -0.3 is 5.73 Å². The predicted molar refractivity (Wildman–Crippen MR) is 66.8 cm³/mol. The quantitative estimate of drug-likeness (QED) is 0.844. The highest BCUT2D eigenvalue weighted by atomic mass is 35.5. The van der Waals surface area contributed by atoms with E-state index in [0.29, 0.717) is 24.4 Å². The zero-order valence-electron chi connectivity index (χ0n) is 8.62. The summed E-state index contributed by atoms with van der Waals surface area (Å²) in [7, 11) is -3.36. The summed E-state index contributed by atoms with van der Waals surface area (Å²) in [5.41, 5.74) is 5.31. The molecule has 0 radical (unpaired) electrons. The van der Waals surface area contributed by atoms with Gasteiger partial charge in [-0.1, -0.05) is 23.2 Å². The highest BCUT2D eigenvalue weighted by Gasteiger charge is 2.17. The fourth-order valence-corrected chi connectivity index (χ4v) is 3.44. The second-order valence-corrected chi connectivity index (χ2v) is 6.31. The maximum absolute atomic E-state index is 11.9. The van der Waals surface area contributed by atoms with Crippen LogP contribution >= 0.6 is 23.2 Å². The molecule has 2 N–H and O–H groups in total. The minimum atomic E-state index is -3.36. The van der Waals surface area contributed by atoms with Crippen LogP contribution in [0.3, 0.4) is 0 Å². The van der Waals surface area contributed by atoms with E-state index in [9.17, 15) is 8.42 Å². The molecule has 0 saturated carbocycles. The summed E-state index contributed by atoms with van der Waals surface area (Å²) in [4.78, 5) is 0.0960. The third-order valence-corrected chi connectivity index (χ3v) is 4.61. The van der Waals surface area contributed by atoms with Gasteiger partial charge in [-0.3, -0.25) is 0 Å². The fourth-order valence-electron chi connectivity index (χ4n) is 1.26. The number of sulfone groups is 1. The number of unbranched alkanes of at least 4 members (excludes halogenated alkanes) is 1. The lowest BCUT2D eigenvalue weighted by Crippen LogP contribution is -2.09. The molecule has 0 aliphatic rings. The number of nitrogens with two attached hydrogens (primary N) is 1. The lowest BCUT2D eigenvalue weighted by Gasteiger charge is -2.06. The van der Waals surface area contributed by atoms with Crippen LogP contribution in [0.25, 0.3) is 0 Å². The van der Waals surface area contributed by atoms with Gasteiger partial charge in [0.05, 0.1) is 15.7 Å². The van der Waals surface area contributed by atoms with E-state index in [-0.39, 0.29) is 15.7 Å². The Kier molecular flexibility index (Phi) is 5.05. The molecule has 90 valence electrons. The van der Waals surface area contributed by atoms with Crippen molar-refractivity contribution in [2.45, 2.75) is 17.7 Å². The van der Waals surface area contributed by atoms with E-state index in [1.54, 1.807) is 6.07 Å². The largest absolute Gasteiger partial charge is 0.330 e. The van der Waals surface area contributed by atoms with Crippen LogP contribution in [0.15, 0.2) is 23.1 Å². The molecule has 0 unspecified atom stereocenters. The van der Waals surface area contributed by atoms with E-state index in [0.717, 1.165) is 0 Å². The Hall–Kier alpha value is -0.290. The topological polar surface area (TPSA) is 60.2 Å². The van der Waals surface area contributed by atoms with Crippen LogP contribution in [-0.4, -0.2) is 20.7 Å². The molecule has 0 aliphatic carbocycles. The van der Waals surface area contributed by atoms with Crippen molar-refractivity contribution in [3.63, 3.8) is 0 Å². The van der Waals surface area contributed by atoms with Crippen LogP contribution in [0.5, 0.6) is 0 Å². The SMILES string of the molecule is NCCCCS(=O)(=O)c1cc(Cl)ccc1Cl. The van der Waals surface area contributed by atoms with Crippen molar-refractivity contribution in [3.05, 3.63) is 28.2 Å². The first-order chi connectivity index (χ1) is 7.47. The smallest absolute Gasteiger partial charge is 0.179 e. The van der Waals surface area contributed by atoms with Crippen LogP contribution in [0.4, 0.5) is 0 Å². The Labute approximate surface area is 105 Å². The number of benzene rings is 1. The van der Waals surface area contributed by atoms with Crippen LogP contribution in [0, 0.1) is 0 Å². The monoisotopic (exact) mass is 281 g/mol. The molecule has 1 aromatic rings. The molecular weight excluding hydrogens is 269 g/mol. The Morgan fingerprint density at radius 3 is 2.50 bits per heavy atom. The summed E-state index contributed by atoms with van der Waals surface area (Å²) in [5.74, 6) is 0.0459. The molecule has 1 rings (SSSR count). The van der Waals surface area contributed by atoms with Gasteiger partial charge in [0.1, 0.15) is 0 Å². The second-order valence-electron chi connectivity index (χ2n) is 3.39. The molecule has 0 atom stereocenters. The van der Waals surface area contributed by atoms with Gasteiger partial charge in [0.15, 0.2) is 9.84 Å². The number of rotatable bonds is 5. The van der Waals surface area contributed by atoms with Crippen LogP contribution < -0.4 is 5.73 Å². The fraction of sp³-hybridized carbons (Fsp3) is 0.400. The van der Waals surface area contributed by atoms with E-state index in [2.05, 4.69) is 0 Å². The molecular formula is C10H13Cl2NO2S. The van der Waals surface area contributed by atoms with Gasteiger partial charge in [-0.05, 0) is 37.6 Å². The molecule has 0 spiro atoms. The van der Waals surface area contributed by atoms with Gasteiger partial charge in [0.2, 0.25) is 0 Å². The number of hydrogen-bond donors (Lipinski definition) is 1. The molecule has 0 aliphatic heterocycles. The van der Waals surface area contributed by atoms with Gasteiger partial charge in [-0.2, -0.15) is 0 Å². The molecule has 0 saturated heterocycles. The van der Waals surface area contributed by atoms with Gasteiger partial charge in [0.25, 0.3) is 0 Å². The van der Waals surface area contributed by atoms with E-state index in [1.165, 1.54) is 12.1 Å². The molecule has 3 nitrogen and oxygen atoms in total. The average molecular weight is 282 g/mol. The van der Waals surface area contributed by atoms with Crippen molar-refractivity contribution in [2.75, 3.05) is 12.3 Å². The Morgan fingerprint density at radius 1 is 1.19 bits per heavy atom. The lowest BCUT2D eigenvalue weighted by atomic mass is 10.3. The van der Waals surface area contributed by atoms with Crippen molar-refractivity contribution in [2.24, 2.45) is 5.73 Å². The molecule has 0 aromatic heterocycles. The molecule has 16 heavy (non-hydrogen) atoms. The van der Waals surface area contributed by atoms with Crippen molar-refractivity contribution < 1.29 is 8.42 Å².